The van der Waals surface area contributed by atoms with Gasteiger partial charge in [0.2, 0.25) is 0 Å². The molecular weight excluding hydrogens is 320 g/mol. The first kappa shape index (κ1) is 18.6. The topological polar surface area (TPSA) is 68.8 Å². The van der Waals surface area contributed by atoms with Crippen molar-refractivity contribution < 1.29 is 19.0 Å². The highest BCUT2D eigenvalue weighted by molar-refractivity contribution is 5.89. The van der Waals surface area contributed by atoms with Crippen LogP contribution in [0.2, 0.25) is 0 Å². The predicted molar refractivity (Wildman–Crippen MR) is 97.5 cm³/mol. The van der Waals surface area contributed by atoms with Crippen molar-refractivity contribution in [1.82, 2.24) is 5.32 Å². The molecule has 0 aliphatic carbocycles. The Bertz CT molecular complexity index is 659. The van der Waals surface area contributed by atoms with Gasteiger partial charge >= 0.3 is 6.03 Å². The summed E-state index contributed by atoms with van der Waals surface area (Å²) in [4.78, 5) is 12.0. The van der Waals surface area contributed by atoms with E-state index in [0.717, 1.165) is 17.7 Å². The van der Waals surface area contributed by atoms with Gasteiger partial charge in [-0.3, -0.25) is 0 Å². The van der Waals surface area contributed by atoms with Crippen molar-refractivity contribution in [1.29, 1.82) is 0 Å². The number of amides is 2. The molecule has 0 radical (unpaired) electrons. The second-order valence-electron chi connectivity index (χ2n) is 5.35. The number of hydrogen-bond acceptors (Lipinski definition) is 4. The van der Waals surface area contributed by atoms with E-state index in [9.17, 15) is 4.79 Å². The van der Waals surface area contributed by atoms with E-state index in [2.05, 4.69) is 10.6 Å². The van der Waals surface area contributed by atoms with Crippen molar-refractivity contribution in [2.24, 2.45) is 0 Å². The first-order valence-electron chi connectivity index (χ1n) is 8.11. The number of carbonyl (C=O) groups is 1. The molecule has 0 unspecified atom stereocenters. The number of anilines is 1. The molecule has 134 valence electrons. The van der Waals surface area contributed by atoms with E-state index in [1.165, 1.54) is 0 Å². The fourth-order valence-electron chi connectivity index (χ4n) is 2.19. The number of rotatable bonds is 9. The summed E-state index contributed by atoms with van der Waals surface area (Å²) < 4.78 is 15.6. The first-order chi connectivity index (χ1) is 12.2. The summed E-state index contributed by atoms with van der Waals surface area (Å²) in [6, 6.07) is 14.8. The van der Waals surface area contributed by atoms with Gasteiger partial charge in [0, 0.05) is 25.4 Å². The van der Waals surface area contributed by atoms with Gasteiger partial charge in [0.15, 0.2) is 0 Å². The molecular formula is C19H24N2O4. The molecule has 0 fully saturated rings. The van der Waals surface area contributed by atoms with Crippen LogP contribution in [0.3, 0.4) is 0 Å². The van der Waals surface area contributed by atoms with Crippen LogP contribution in [0, 0.1) is 0 Å². The van der Waals surface area contributed by atoms with Gasteiger partial charge in [0.25, 0.3) is 0 Å². The molecule has 2 amide bonds. The van der Waals surface area contributed by atoms with E-state index < -0.39 is 0 Å². The van der Waals surface area contributed by atoms with Gasteiger partial charge in [0.1, 0.15) is 18.1 Å². The zero-order chi connectivity index (χ0) is 17.9. The number of hydrogen-bond donors (Lipinski definition) is 2. The quantitative estimate of drug-likeness (QED) is 0.686. The number of nitrogens with one attached hydrogen (secondary N) is 2. The summed E-state index contributed by atoms with van der Waals surface area (Å²) in [5, 5.41) is 5.63. The van der Waals surface area contributed by atoms with Gasteiger partial charge in [-0.1, -0.05) is 18.2 Å². The minimum atomic E-state index is -0.248. The fraction of sp³-hybridized carbons (Fsp3) is 0.316. The average molecular weight is 344 g/mol. The molecule has 0 aliphatic heterocycles. The summed E-state index contributed by atoms with van der Waals surface area (Å²) in [7, 11) is 3.26. The number of ether oxygens (including phenoxy) is 3. The van der Waals surface area contributed by atoms with Crippen LogP contribution in [0.4, 0.5) is 10.5 Å². The van der Waals surface area contributed by atoms with Crippen molar-refractivity contribution in [3.63, 3.8) is 0 Å². The lowest BCUT2D eigenvalue weighted by Crippen LogP contribution is -2.30. The van der Waals surface area contributed by atoms with Crippen LogP contribution >= 0.6 is 0 Å². The molecule has 2 rings (SSSR count). The normalized spacial score (nSPS) is 10.2. The highest BCUT2D eigenvalue weighted by Crippen LogP contribution is 2.17. The van der Waals surface area contributed by atoms with Crippen LogP contribution in [-0.2, 0) is 11.2 Å². The van der Waals surface area contributed by atoms with Gasteiger partial charge in [-0.15, -0.1) is 0 Å². The highest BCUT2D eigenvalue weighted by atomic mass is 16.5. The summed E-state index contributed by atoms with van der Waals surface area (Å²) in [6.45, 7) is 1.53. The lowest BCUT2D eigenvalue weighted by molar-refractivity contribution is 0.146. The molecule has 0 saturated carbocycles. The number of carbonyl (C=O) groups excluding carboxylic acids is 1. The van der Waals surface area contributed by atoms with Crippen LogP contribution in [0.15, 0.2) is 48.5 Å². The van der Waals surface area contributed by atoms with Crippen LogP contribution in [0.5, 0.6) is 11.5 Å². The smallest absolute Gasteiger partial charge is 0.319 e. The predicted octanol–water partition coefficient (Wildman–Crippen LogP) is 3.08. The molecule has 6 heteroatoms. The van der Waals surface area contributed by atoms with Crippen molar-refractivity contribution in [3.8, 4) is 11.5 Å². The Labute approximate surface area is 148 Å². The zero-order valence-corrected chi connectivity index (χ0v) is 14.6. The molecule has 0 heterocycles. The van der Waals surface area contributed by atoms with Gasteiger partial charge < -0.3 is 24.8 Å². The molecule has 0 spiro atoms. The SMILES string of the molecule is COCCOc1cccc(NC(=O)NCCc2ccc(OC)cc2)c1. The Hall–Kier alpha value is -2.73. The van der Waals surface area contributed by atoms with Crippen LogP contribution in [-0.4, -0.2) is 40.0 Å². The van der Waals surface area contributed by atoms with Gasteiger partial charge in [-0.25, -0.2) is 4.79 Å². The molecule has 0 aromatic heterocycles. The first-order valence-corrected chi connectivity index (χ1v) is 8.11. The molecule has 25 heavy (non-hydrogen) atoms. The Morgan fingerprint density at radius 3 is 2.52 bits per heavy atom. The average Bonchev–Trinajstić information content (AvgIpc) is 2.63. The van der Waals surface area contributed by atoms with E-state index >= 15 is 0 Å². The lowest BCUT2D eigenvalue weighted by atomic mass is 10.1. The zero-order valence-electron chi connectivity index (χ0n) is 14.6. The van der Waals surface area contributed by atoms with E-state index in [4.69, 9.17) is 14.2 Å². The van der Waals surface area contributed by atoms with E-state index in [1.54, 1.807) is 20.3 Å². The maximum absolute atomic E-state index is 12.0. The van der Waals surface area contributed by atoms with Crippen LogP contribution in [0.1, 0.15) is 5.56 Å². The Balaban J connectivity index is 1.74. The lowest BCUT2D eigenvalue weighted by Gasteiger charge is -2.10. The van der Waals surface area contributed by atoms with Crippen LogP contribution < -0.4 is 20.1 Å². The second-order valence-corrected chi connectivity index (χ2v) is 5.35. The Morgan fingerprint density at radius 1 is 1.00 bits per heavy atom. The molecule has 0 atom stereocenters. The highest BCUT2D eigenvalue weighted by Gasteiger charge is 2.03. The third-order valence-corrected chi connectivity index (χ3v) is 3.51. The summed E-state index contributed by atoms with van der Waals surface area (Å²) in [5.41, 5.74) is 1.81. The minimum Gasteiger partial charge on any atom is -0.497 e. The van der Waals surface area contributed by atoms with Gasteiger partial charge in [0.05, 0.1) is 13.7 Å². The molecule has 0 bridgehead atoms. The Kier molecular flexibility index (Phi) is 7.59. The molecule has 0 saturated heterocycles. The molecule has 2 aromatic carbocycles. The largest absolute Gasteiger partial charge is 0.497 e. The van der Waals surface area contributed by atoms with Crippen molar-refractivity contribution in [3.05, 3.63) is 54.1 Å². The number of benzene rings is 2. The third kappa shape index (κ3) is 6.73. The van der Waals surface area contributed by atoms with Crippen molar-refractivity contribution >= 4 is 11.7 Å². The van der Waals surface area contributed by atoms with E-state index in [1.807, 2.05) is 42.5 Å². The number of methoxy groups -OCH3 is 2. The second kappa shape index (κ2) is 10.2. The van der Waals surface area contributed by atoms with Crippen molar-refractivity contribution in [2.45, 2.75) is 6.42 Å². The van der Waals surface area contributed by atoms with E-state index in [-0.39, 0.29) is 6.03 Å². The minimum absolute atomic E-state index is 0.248. The maximum Gasteiger partial charge on any atom is 0.319 e. The van der Waals surface area contributed by atoms with Gasteiger partial charge in [-0.2, -0.15) is 0 Å². The molecule has 2 N–H and O–H groups in total. The standard InChI is InChI=1S/C19H24N2O4/c1-23-12-13-25-18-5-3-4-16(14-18)21-19(22)20-11-10-15-6-8-17(24-2)9-7-15/h3-9,14H,10-13H2,1-2H3,(H2,20,21,22). The van der Waals surface area contributed by atoms with Crippen LogP contribution in [0.25, 0.3) is 0 Å². The third-order valence-electron chi connectivity index (χ3n) is 3.51. The van der Waals surface area contributed by atoms with Gasteiger partial charge in [-0.05, 0) is 36.2 Å². The molecule has 6 nitrogen and oxygen atoms in total. The summed E-state index contributed by atoms with van der Waals surface area (Å²) >= 11 is 0. The maximum atomic E-state index is 12.0. The molecule has 2 aromatic rings. The Morgan fingerprint density at radius 2 is 1.80 bits per heavy atom. The number of urea groups is 1. The monoisotopic (exact) mass is 344 g/mol. The summed E-state index contributed by atoms with van der Waals surface area (Å²) in [6.07, 6.45) is 0.748. The summed E-state index contributed by atoms with van der Waals surface area (Å²) in [5.74, 6) is 1.51. The fourth-order valence-corrected chi connectivity index (χ4v) is 2.19. The van der Waals surface area contributed by atoms with E-state index in [0.29, 0.717) is 31.2 Å². The van der Waals surface area contributed by atoms with Crippen molar-refractivity contribution in [2.75, 3.05) is 39.3 Å². The molecule has 0 aliphatic rings.